The Hall–Kier alpha value is -3.00. The zero-order valence-corrected chi connectivity index (χ0v) is 16.6. The third kappa shape index (κ3) is 4.37. The summed E-state index contributed by atoms with van der Waals surface area (Å²) in [7, 11) is 0. The molecule has 1 amide bonds. The van der Waals surface area contributed by atoms with Crippen LogP contribution in [0.3, 0.4) is 0 Å². The molecule has 0 aliphatic heterocycles. The molecule has 0 spiro atoms. The molecule has 0 aliphatic carbocycles. The van der Waals surface area contributed by atoms with E-state index in [0.717, 1.165) is 10.7 Å². The number of carbonyl (C=O) groups is 1. The standard InChI is InChI=1S/C20H19ClF2N4O2/c1-3-26(4-2)20-24-16-11-14(22)10-15(23)18(16)19(29)27(20)25-17(28)9-12-5-7-13(21)8-6-12/h5-8,10-11H,3-4,9H2,1-2H3,(H,25,28). The Morgan fingerprint density at radius 2 is 1.83 bits per heavy atom. The quantitative estimate of drug-likeness (QED) is 0.663. The monoisotopic (exact) mass is 420 g/mol. The van der Waals surface area contributed by atoms with Gasteiger partial charge in [-0.2, -0.15) is 4.68 Å². The second-order valence-electron chi connectivity index (χ2n) is 6.34. The molecule has 152 valence electrons. The predicted octanol–water partition coefficient (Wildman–Crippen LogP) is 3.49. The highest BCUT2D eigenvalue weighted by molar-refractivity contribution is 6.30. The van der Waals surface area contributed by atoms with E-state index in [1.165, 1.54) is 0 Å². The van der Waals surface area contributed by atoms with Gasteiger partial charge in [-0.3, -0.25) is 15.0 Å². The van der Waals surface area contributed by atoms with Crippen LogP contribution in [0.5, 0.6) is 0 Å². The molecule has 0 atom stereocenters. The van der Waals surface area contributed by atoms with Crippen molar-refractivity contribution in [1.29, 1.82) is 0 Å². The van der Waals surface area contributed by atoms with Crippen LogP contribution in [0.15, 0.2) is 41.2 Å². The molecule has 9 heteroatoms. The Labute approximate surface area is 170 Å². The molecule has 3 rings (SSSR count). The number of hydrogen-bond donors (Lipinski definition) is 1. The number of hydrogen-bond acceptors (Lipinski definition) is 4. The summed E-state index contributed by atoms with van der Waals surface area (Å²) in [6.45, 7) is 4.62. The first-order valence-corrected chi connectivity index (χ1v) is 9.42. The van der Waals surface area contributed by atoms with Crippen molar-refractivity contribution in [2.24, 2.45) is 0 Å². The molecule has 0 saturated carbocycles. The minimum atomic E-state index is -1.04. The van der Waals surface area contributed by atoms with Crippen molar-refractivity contribution >= 4 is 34.4 Å². The van der Waals surface area contributed by atoms with E-state index in [0.29, 0.717) is 29.7 Å². The molecule has 1 N–H and O–H groups in total. The van der Waals surface area contributed by atoms with E-state index in [9.17, 15) is 18.4 Å². The van der Waals surface area contributed by atoms with Crippen LogP contribution in [-0.2, 0) is 11.2 Å². The highest BCUT2D eigenvalue weighted by Crippen LogP contribution is 2.18. The van der Waals surface area contributed by atoms with Crippen molar-refractivity contribution in [2.45, 2.75) is 20.3 Å². The number of benzene rings is 2. The van der Waals surface area contributed by atoms with Crippen LogP contribution in [0.1, 0.15) is 19.4 Å². The number of nitrogens with one attached hydrogen (secondary N) is 1. The Bertz CT molecular complexity index is 1110. The normalized spacial score (nSPS) is 10.9. The van der Waals surface area contributed by atoms with Crippen molar-refractivity contribution in [3.8, 4) is 0 Å². The Kier molecular flexibility index (Phi) is 6.12. The number of halogens is 3. The number of anilines is 1. The van der Waals surface area contributed by atoms with E-state index >= 15 is 0 Å². The van der Waals surface area contributed by atoms with Crippen LogP contribution in [-0.4, -0.2) is 28.7 Å². The summed E-state index contributed by atoms with van der Waals surface area (Å²) in [6.07, 6.45) is -0.0226. The van der Waals surface area contributed by atoms with E-state index < -0.39 is 28.5 Å². The summed E-state index contributed by atoms with van der Waals surface area (Å²) in [5, 5.41) is 0.143. The number of amides is 1. The van der Waals surface area contributed by atoms with E-state index in [2.05, 4.69) is 10.4 Å². The lowest BCUT2D eigenvalue weighted by atomic mass is 10.1. The highest BCUT2D eigenvalue weighted by atomic mass is 35.5. The zero-order chi connectivity index (χ0) is 21.1. The van der Waals surface area contributed by atoms with Gasteiger partial charge in [0.1, 0.15) is 17.0 Å². The molecule has 0 unspecified atom stereocenters. The molecule has 0 bridgehead atoms. The van der Waals surface area contributed by atoms with Crippen LogP contribution < -0.4 is 15.9 Å². The number of carbonyl (C=O) groups excluding carboxylic acids is 1. The summed E-state index contributed by atoms with van der Waals surface area (Å²) >= 11 is 5.85. The molecule has 2 aromatic carbocycles. The van der Waals surface area contributed by atoms with Crippen LogP contribution in [0.4, 0.5) is 14.7 Å². The van der Waals surface area contributed by atoms with Crippen molar-refractivity contribution in [3.63, 3.8) is 0 Å². The lowest BCUT2D eigenvalue weighted by Crippen LogP contribution is -2.40. The van der Waals surface area contributed by atoms with Crippen LogP contribution in [0.25, 0.3) is 10.9 Å². The summed E-state index contributed by atoms with van der Waals surface area (Å²) in [5.74, 6) is -2.27. The van der Waals surface area contributed by atoms with E-state index in [-0.39, 0.29) is 17.9 Å². The molecule has 1 heterocycles. The fourth-order valence-electron chi connectivity index (χ4n) is 2.99. The van der Waals surface area contributed by atoms with Gasteiger partial charge in [0.2, 0.25) is 11.9 Å². The molecule has 3 aromatic rings. The lowest BCUT2D eigenvalue weighted by molar-refractivity contribution is -0.116. The van der Waals surface area contributed by atoms with Gasteiger partial charge in [0.05, 0.1) is 11.9 Å². The van der Waals surface area contributed by atoms with Crippen LogP contribution in [0, 0.1) is 11.6 Å². The zero-order valence-electron chi connectivity index (χ0n) is 15.9. The molecule has 0 saturated heterocycles. The first-order chi connectivity index (χ1) is 13.8. The highest BCUT2D eigenvalue weighted by Gasteiger charge is 2.20. The fourth-order valence-corrected chi connectivity index (χ4v) is 3.12. The maximum Gasteiger partial charge on any atom is 0.284 e. The van der Waals surface area contributed by atoms with Gasteiger partial charge in [-0.05, 0) is 31.5 Å². The Morgan fingerprint density at radius 1 is 1.17 bits per heavy atom. The third-order valence-corrected chi connectivity index (χ3v) is 4.68. The van der Waals surface area contributed by atoms with Crippen molar-refractivity contribution in [3.05, 3.63) is 69.0 Å². The number of fused-ring (bicyclic) bond motifs is 1. The van der Waals surface area contributed by atoms with Gasteiger partial charge in [0.15, 0.2) is 0 Å². The summed E-state index contributed by atoms with van der Waals surface area (Å²) in [4.78, 5) is 31.4. The topological polar surface area (TPSA) is 67.2 Å². The molecule has 0 radical (unpaired) electrons. The third-order valence-electron chi connectivity index (χ3n) is 4.43. The first kappa shape index (κ1) is 20.7. The maximum absolute atomic E-state index is 14.3. The minimum Gasteiger partial charge on any atom is -0.341 e. The number of rotatable bonds is 6. The van der Waals surface area contributed by atoms with Crippen molar-refractivity contribution in [2.75, 3.05) is 23.4 Å². The van der Waals surface area contributed by atoms with E-state index in [1.807, 2.05) is 13.8 Å². The van der Waals surface area contributed by atoms with E-state index in [1.54, 1.807) is 29.2 Å². The van der Waals surface area contributed by atoms with Crippen molar-refractivity contribution < 1.29 is 13.6 Å². The number of aromatic nitrogens is 2. The molecule has 6 nitrogen and oxygen atoms in total. The predicted molar refractivity (Wildman–Crippen MR) is 109 cm³/mol. The van der Waals surface area contributed by atoms with Gasteiger partial charge in [-0.15, -0.1) is 0 Å². The van der Waals surface area contributed by atoms with Gasteiger partial charge in [-0.25, -0.2) is 13.8 Å². The van der Waals surface area contributed by atoms with Crippen LogP contribution in [0.2, 0.25) is 5.02 Å². The van der Waals surface area contributed by atoms with Gasteiger partial charge in [0, 0.05) is 30.2 Å². The lowest BCUT2D eigenvalue weighted by Gasteiger charge is -2.24. The maximum atomic E-state index is 14.3. The van der Waals surface area contributed by atoms with Gasteiger partial charge in [-0.1, -0.05) is 23.7 Å². The van der Waals surface area contributed by atoms with Crippen molar-refractivity contribution in [1.82, 2.24) is 9.66 Å². The molecule has 0 fully saturated rings. The van der Waals surface area contributed by atoms with Gasteiger partial charge >= 0.3 is 0 Å². The van der Waals surface area contributed by atoms with Crippen LogP contribution >= 0.6 is 11.6 Å². The molecule has 1 aromatic heterocycles. The SMILES string of the molecule is CCN(CC)c1nc2cc(F)cc(F)c2c(=O)n1NC(=O)Cc1ccc(Cl)cc1. The smallest absolute Gasteiger partial charge is 0.284 e. The minimum absolute atomic E-state index is 0.0226. The number of nitrogens with zero attached hydrogens (tertiary/aromatic N) is 3. The van der Waals surface area contributed by atoms with Gasteiger partial charge in [0.25, 0.3) is 5.56 Å². The Balaban J connectivity index is 2.07. The first-order valence-electron chi connectivity index (χ1n) is 9.05. The van der Waals surface area contributed by atoms with Gasteiger partial charge < -0.3 is 4.90 Å². The average molecular weight is 421 g/mol. The Morgan fingerprint density at radius 3 is 2.45 bits per heavy atom. The fraction of sp³-hybridized carbons (Fsp3) is 0.250. The second kappa shape index (κ2) is 8.57. The molecule has 29 heavy (non-hydrogen) atoms. The summed E-state index contributed by atoms with van der Waals surface area (Å²) in [6, 6.07) is 8.29. The molecular formula is C20H19ClF2N4O2. The molecular weight excluding hydrogens is 402 g/mol. The second-order valence-corrected chi connectivity index (χ2v) is 6.78. The average Bonchev–Trinajstić information content (AvgIpc) is 2.66. The summed E-state index contributed by atoms with van der Waals surface area (Å²) in [5.41, 5.74) is 2.25. The van der Waals surface area contributed by atoms with E-state index in [4.69, 9.17) is 11.6 Å². The molecule has 0 aliphatic rings. The largest absolute Gasteiger partial charge is 0.341 e. The summed E-state index contributed by atoms with van der Waals surface area (Å²) < 4.78 is 28.8.